The second-order valence-corrected chi connectivity index (χ2v) is 8.00. The van der Waals surface area contributed by atoms with Crippen LogP contribution < -0.4 is 4.90 Å². The summed E-state index contributed by atoms with van der Waals surface area (Å²) < 4.78 is 11.5. The molecule has 2 aromatic heterocycles. The van der Waals surface area contributed by atoms with Gasteiger partial charge in [-0.25, -0.2) is 14.6 Å². The first-order chi connectivity index (χ1) is 17.4. The summed E-state index contributed by atoms with van der Waals surface area (Å²) in [5.41, 5.74) is 2.54. The largest absolute Gasteiger partial charge is 0.464 e. The Labute approximate surface area is 207 Å². The third-order valence-corrected chi connectivity index (χ3v) is 5.73. The molecular formula is C26H25N5O5. The molecule has 0 atom stereocenters. The second kappa shape index (κ2) is 10.8. The molecule has 0 aliphatic heterocycles. The number of ether oxygens (including phenoxy) is 2. The maximum absolute atomic E-state index is 12.5. The van der Waals surface area contributed by atoms with Crippen molar-refractivity contribution in [3.63, 3.8) is 0 Å². The van der Waals surface area contributed by atoms with Crippen LogP contribution in [0.1, 0.15) is 39.0 Å². The zero-order valence-electron chi connectivity index (χ0n) is 20.2. The van der Waals surface area contributed by atoms with Gasteiger partial charge in [0, 0.05) is 37.1 Å². The van der Waals surface area contributed by atoms with Crippen molar-refractivity contribution in [3.8, 4) is 0 Å². The lowest BCUT2D eigenvalue weighted by atomic mass is 10.1. The maximum atomic E-state index is 12.5. The minimum Gasteiger partial charge on any atom is -0.464 e. The van der Waals surface area contributed by atoms with Gasteiger partial charge in [-0.1, -0.05) is 48.5 Å². The van der Waals surface area contributed by atoms with Gasteiger partial charge in [-0.2, -0.15) is 0 Å². The number of esters is 2. The average Bonchev–Trinajstić information content (AvgIpc) is 3.25. The van der Waals surface area contributed by atoms with E-state index in [4.69, 9.17) is 4.74 Å². The van der Waals surface area contributed by atoms with E-state index < -0.39 is 11.9 Å². The summed E-state index contributed by atoms with van der Waals surface area (Å²) in [6.07, 6.45) is 2.58. The molecule has 2 aromatic carbocycles. The highest BCUT2D eigenvalue weighted by molar-refractivity contribution is 6.00. The average molecular weight is 488 g/mol. The smallest absolute Gasteiger partial charge is 0.361 e. The van der Waals surface area contributed by atoms with Gasteiger partial charge in [0.25, 0.3) is 5.95 Å². The number of carbonyl (C=O) groups excluding carboxylic acids is 3. The molecule has 2 heterocycles. The molecule has 4 aromatic rings. The lowest BCUT2D eigenvalue weighted by molar-refractivity contribution is -0.116. The normalized spacial score (nSPS) is 10.8. The predicted molar refractivity (Wildman–Crippen MR) is 132 cm³/mol. The highest BCUT2D eigenvalue weighted by atomic mass is 16.5. The summed E-state index contributed by atoms with van der Waals surface area (Å²) in [4.78, 5) is 42.1. The number of methoxy groups -OCH3 is 2. The number of fused-ring (bicyclic) bond motifs is 1. The van der Waals surface area contributed by atoms with Crippen LogP contribution in [0.15, 0.2) is 60.8 Å². The van der Waals surface area contributed by atoms with Gasteiger partial charge in [-0.15, -0.1) is 10.2 Å². The summed E-state index contributed by atoms with van der Waals surface area (Å²) in [6.45, 7) is 2.31. The van der Waals surface area contributed by atoms with Crippen molar-refractivity contribution in [2.45, 2.75) is 19.9 Å². The van der Waals surface area contributed by atoms with Gasteiger partial charge in [0.2, 0.25) is 11.6 Å². The van der Waals surface area contributed by atoms with Crippen molar-refractivity contribution in [1.82, 2.24) is 19.7 Å². The Morgan fingerprint density at radius 1 is 0.889 bits per heavy atom. The summed E-state index contributed by atoms with van der Waals surface area (Å²) >= 11 is 0. The summed E-state index contributed by atoms with van der Waals surface area (Å²) in [5.74, 6) is -2.23. The zero-order chi connectivity index (χ0) is 25.7. The van der Waals surface area contributed by atoms with Gasteiger partial charge >= 0.3 is 11.9 Å². The molecule has 0 unspecified atom stereocenters. The molecular weight excluding hydrogens is 462 g/mol. The monoisotopic (exact) mass is 487 g/mol. The van der Waals surface area contributed by atoms with Crippen molar-refractivity contribution < 1.29 is 23.9 Å². The van der Waals surface area contributed by atoms with E-state index in [-0.39, 0.29) is 29.8 Å². The second-order valence-electron chi connectivity index (χ2n) is 8.00. The van der Waals surface area contributed by atoms with E-state index in [0.717, 1.165) is 30.7 Å². The predicted octanol–water partition coefficient (Wildman–Crippen LogP) is 3.04. The maximum Gasteiger partial charge on any atom is 0.361 e. The third kappa shape index (κ3) is 5.07. The summed E-state index contributed by atoms with van der Waals surface area (Å²) in [6, 6.07) is 18.2. The Balaban J connectivity index is 1.64. The number of anilines is 1. The Hall–Kier alpha value is -4.60. The number of carbonyl (C=O) groups is 3. The van der Waals surface area contributed by atoms with Crippen molar-refractivity contribution in [2.24, 2.45) is 0 Å². The number of hydrogen-bond acceptors (Lipinski definition) is 8. The molecule has 0 aliphatic carbocycles. The van der Waals surface area contributed by atoms with E-state index in [9.17, 15) is 14.4 Å². The van der Waals surface area contributed by atoms with E-state index in [1.807, 2.05) is 36.4 Å². The molecule has 0 saturated carbocycles. The number of aromatic nitrogens is 4. The van der Waals surface area contributed by atoms with Crippen LogP contribution in [-0.2, 0) is 27.2 Å². The lowest BCUT2D eigenvalue weighted by Crippen LogP contribution is -2.33. The molecule has 10 nitrogen and oxygen atoms in total. The van der Waals surface area contributed by atoms with Crippen LogP contribution in [0.25, 0.3) is 10.9 Å². The fraction of sp³-hybridized carbons (Fsp3) is 0.231. The van der Waals surface area contributed by atoms with Crippen molar-refractivity contribution in [1.29, 1.82) is 0 Å². The molecule has 10 heteroatoms. The highest BCUT2D eigenvalue weighted by Gasteiger charge is 2.26. The fourth-order valence-corrected chi connectivity index (χ4v) is 3.97. The van der Waals surface area contributed by atoms with Gasteiger partial charge in [-0.05, 0) is 23.6 Å². The minimum atomic E-state index is -0.890. The van der Waals surface area contributed by atoms with Gasteiger partial charge in [0.15, 0.2) is 5.69 Å². The number of rotatable bonds is 8. The number of hydrogen-bond donors (Lipinski definition) is 0. The molecule has 1 amide bonds. The van der Waals surface area contributed by atoms with E-state index >= 15 is 0 Å². The molecule has 0 N–H and O–H groups in total. The standard InChI is InChI=1S/C26H25N5O5/c1-17(32)31(26-27-22(24(33)35-2)23(28-29-26)25(34)36-3)14-13-19-16-30(15-18-9-5-4-6-10-18)21-12-8-7-11-20(19)21/h4-12,16H,13-15H2,1-3H3. The molecule has 0 bridgehead atoms. The zero-order valence-corrected chi connectivity index (χ0v) is 20.2. The van der Waals surface area contributed by atoms with Crippen LogP contribution >= 0.6 is 0 Å². The molecule has 4 rings (SSSR count). The SMILES string of the molecule is COC(=O)c1nnc(N(CCc2cn(Cc3ccccc3)c3ccccc23)C(C)=O)nc1C(=O)OC. The first kappa shape index (κ1) is 24.5. The van der Waals surface area contributed by atoms with Crippen LogP contribution in [0.5, 0.6) is 0 Å². The topological polar surface area (TPSA) is 117 Å². The number of nitrogens with zero attached hydrogens (tertiary/aromatic N) is 5. The minimum absolute atomic E-state index is 0.108. The molecule has 36 heavy (non-hydrogen) atoms. The fourth-order valence-electron chi connectivity index (χ4n) is 3.97. The Kier molecular flexibility index (Phi) is 7.33. The van der Waals surface area contributed by atoms with Gasteiger partial charge in [0.1, 0.15) is 0 Å². The molecule has 0 fully saturated rings. The number of para-hydroxylation sites is 1. The van der Waals surface area contributed by atoms with Crippen molar-refractivity contribution >= 4 is 34.7 Å². The van der Waals surface area contributed by atoms with Crippen LogP contribution in [-0.4, -0.2) is 58.4 Å². The molecule has 0 spiro atoms. The van der Waals surface area contributed by atoms with Crippen molar-refractivity contribution in [2.75, 3.05) is 25.7 Å². The van der Waals surface area contributed by atoms with E-state index in [1.54, 1.807) is 0 Å². The van der Waals surface area contributed by atoms with Crippen LogP contribution in [0, 0.1) is 0 Å². The highest BCUT2D eigenvalue weighted by Crippen LogP contribution is 2.24. The molecule has 184 valence electrons. The summed E-state index contributed by atoms with van der Waals surface area (Å²) in [5, 5.41) is 8.78. The van der Waals surface area contributed by atoms with Crippen molar-refractivity contribution in [3.05, 3.63) is 83.3 Å². The molecule has 0 radical (unpaired) electrons. The number of amides is 1. The van der Waals surface area contributed by atoms with E-state index in [1.165, 1.54) is 17.4 Å². The van der Waals surface area contributed by atoms with Crippen LogP contribution in [0.2, 0.25) is 0 Å². The van der Waals surface area contributed by atoms with E-state index in [2.05, 4.69) is 48.9 Å². The van der Waals surface area contributed by atoms with E-state index in [0.29, 0.717) is 13.0 Å². The van der Waals surface area contributed by atoms with Crippen LogP contribution in [0.4, 0.5) is 5.95 Å². The quantitative estimate of drug-likeness (QED) is 0.348. The Morgan fingerprint density at radius 2 is 1.56 bits per heavy atom. The first-order valence-corrected chi connectivity index (χ1v) is 11.2. The Bertz CT molecular complexity index is 1420. The van der Waals surface area contributed by atoms with Gasteiger partial charge < -0.3 is 14.0 Å². The summed E-state index contributed by atoms with van der Waals surface area (Å²) in [7, 11) is 2.30. The Morgan fingerprint density at radius 3 is 2.25 bits per heavy atom. The number of benzene rings is 2. The lowest BCUT2D eigenvalue weighted by Gasteiger charge is -2.19. The third-order valence-electron chi connectivity index (χ3n) is 5.73. The molecule has 0 saturated heterocycles. The first-order valence-electron chi connectivity index (χ1n) is 11.2. The van der Waals surface area contributed by atoms with Gasteiger partial charge in [0.05, 0.1) is 14.2 Å². The molecule has 0 aliphatic rings. The van der Waals surface area contributed by atoms with Crippen LogP contribution in [0.3, 0.4) is 0 Å². The van der Waals surface area contributed by atoms with Gasteiger partial charge in [-0.3, -0.25) is 9.69 Å².